The lowest BCUT2D eigenvalue weighted by molar-refractivity contribution is 0.122. The SMILES string of the molecule is COc1cccc(Nc2ncc(Cl)c(Nc3ccccc3P(C)(C)=O)n2)c1N1CCOCC1. The molecule has 0 unspecified atom stereocenters. The number of morpholine rings is 1. The van der Waals surface area contributed by atoms with Crippen LogP contribution >= 0.6 is 18.7 Å². The molecular weight excluding hydrogens is 461 g/mol. The van der Waals surface area contributed by atoms with Gasteiger partial charge in [-0.1, -0.05) is 29.8 Å². The molecule has 174 valence electrons. The van der Waals surface area contributed by atoms with Gasteiger partial charge in [0.25, 0.3) is 0 Å². The van der Waals surface area contributed by atoms with E-state index in [-0.39, 0.29) is 0 Å². The van der Waals surface area contributed by atoms with Gasteiger partial charge in [0.2, 0.25) is 5.95 Å². The van der Waals surface area contributed by atoms with Crippen LogP contribution in [0.2, 0.25) is 5.02 Å². The highest BCUT2D eigenvalue weighted by atomic mass is 35.5. The first kappa shape index (κ1) is 23.4. The van der Waals surface area contributed by atoms with E-state index in [2.05, 4.69) is 25.5 Å². The summed E-state index contributed by atoms with van der Waals surface area (Å²) in [7, 11) is -0.846. The molecule has 0 aliphatic carbocycles. The van der Waals surface area contributed by atoms with Crippen LogP contribution in [0.4, 0.5) is 28.8 Å². The van der Waals surface area contributed by atoms with Crippen LogP contribution in [0.3, 0.4) is 0 Å². The van der Waals surface area contributed by atoms with Gasteiger partial charge in [0, 0.05) is 18.4 Å². The lowest BCUT2D eigenvalue weighted by Crippen LogP contribution is -2.36. The zero-order chi connectivity index (χ0) is 23.4. The molecule has 0 radical (unpaired) electrons. The molecule has 4 rings (SSSR count). The summed E-state index contributed by atoms with van der Waals surface area (Å²) >= 11 is 6.39. The minimum absolute atomic E-state index is 0.358. The van der Waals surface area contributed by atoms with Gasteiger partial charge >= 0.3 is 0 Å². The largest absolute Gasteiger partial charge is 0.495 e. The van der Waals surface area contributed by atoms with Crippen molar-refractivity contribution in [3.63, 3.8) is 0 Å². The Morgan fingerprint density at radius 1 is 1.06 bits per heavy atom. The summed E-state index contributed by atoms with van der Waals surface area (Å²) in [5.74, 6) is 1.55. The van der Waals surface area contributed by atoms with Gasteiger partial charge in [-0.05, 0) is 37.6 Å². The van der Waals surface area contributed by atoms with Gasteiger partial charge in [0.1, 0.15) is 23.6 Å². The van der Waals surface area contributed by atoms with Crippen LogP contribution in [0.15, 0.2) is 48.7 Å². The molecule has 0 spiro atoms. The zero-order valence-electron chi connectivity index (χ0n) is 18.8. The Labute approximate surface area is 198 Å². The van der Waals surface area contributed by atoms with E-state index in [1.54, 1.807) is 20.4 Å². The second kappa shape index (κ2) is 10.00. The maximum Gasteiger partial charge on any atom is 0.229 e. The molecule has 1 saturated heterocycles. The van der Waals surface area contributed by atoms with Crippen LogP contribution in [0.1, 0.15) is 0 Å². The van der Waals surface area contributed by atoms with Gasteiger partial charge in [-0.25, -0.2) is 4.98 Å². The van der Waals surface area contributed by atoms with Crippen molar-refractivity contribution in [1.82, 2.24) is 9.97 Å². The first-order valence-corrected chi connectivity index (χ1v) is 13.6. The van der Waals surface area contributed by atoms with E-state index in [1.165, 1.54) is 6.20 Å². The minimum atomic E-state index is -2.50. The number of anilines is 5. The molecule has 1 fully saturated rings. The number of ether oxygens (including phenoxy) is 2. The van der Waals surface area contributed by atoms with E-state index < -0.39 is 7.14 Å². The third-order valence-corrected chi connectivity index (χ3v) is 7.10. The van der Waals surface area contributed by atoms with Crippen LogP contribution in [-0.4, -0.2) is 56.7 Å². The number of methoxy groups -OCH3 is 1. The highest BCUT2D eigenvalue weighted by molar-refractivity contribution is 7.70. The lowest BCUT2D eigenvalue weighted by atomic mass is 10.2. The van der Waals surface area contributed by atoms with Crippen molar-refractivity contribution in [2.24, 2.45) is 0 Å². The summed E-state index contributed by atoms with van der Waals surface area (Å²) in [6, 6.07) is 13.2. The molecular formula is C23H27ClN5O3P. The van der Waals surface area contributed by atoms with Crippen molar-refractivity contribution >= 4 is 52.9 Å². The third kappa shape index (κ3) is 5.41. The van der Waals surface area contributed by atoms with Crippen molar-refractivity contribution in [1.29, 1.82) is 0 Å². The second-order valence-electron chi connectivity index (χ2n) is 7.96. The first-order valence-electron chi connectivity index (χ1n) is 10.6. The number of nitrogens with zero attached hydrogens (tertiary/aromatic N) is 3. The number of rotatable bonds is 7. The van der Waals surface area contributed by atoms with Gasteiger partial charge in [-0.3, -0.25) is 0 Å². The fraction of sp³-hybridized carbons (Fsp3) is 0.304. The molecule has 2 N–H and O–H groups in total. The summed E-state index contributed by atoms with van der Waals surface area (Å²) in [6.07, 6.45) is 1.54. The molecule has 1 aliphatic heterocycles. The zero-order valence-corrected chi connectivity index (χ0v) is 20.5. The van der Waals surface area contributed by atoms with E-state index >= 15 is 0 Å². The molecule has 33 heavy (non-hydrogen) atoms. The molecule has 8 nitrogen and oxygen atoms in total. The quantitative estimate of drug-likeness (QED) is 0.463. The van der Waals surface area contributed by atoms with Crippen LogP contribution < -0.4 is 25.6 Å². The second-order valence-corrected chi connectivity index (χ2v) is 11.6. The fourth-order valence-electron chi connectivity index (χ4n) is 3.71. The Morgan fingerprint density at radius 2 is 1.79 bits per heavy atom. The Hall–Kier alpha value is -2.80. The van der Waals surface area contributed by atoms with Gasteiger partial charge in [0.15, 0.2) is 5.82 Å². The Bertz CT molecular complexity index is 1180. The first-order chi connectivity index (χ1) is 15.9. The van der Waals surface area contributed by atoms with E-state index in [4.69, 9.17) is 21.1 Å². The predicted octanol–water partition coefficient (Wildman–Crippen LogP) is 4.71. The van der Waals surface area contributed by atoms with Gasteiger partial charge in [0.05, 0.1) is 37.9 Å². The number of hydrogen-bond donors (Lipinski definition) is 2. The van der Waals surface area contributed by atoms with Crippen molar-refractivity contribution < 1.29 is 14.0 Å². The van der Waals surface area contributed by atoms with Crippen LogP contribution in [-0.2, 0) is 9.30 Å². The summed E-state index contributed by atoms with van der Waals surface area (Å²) < 4.78 is 23.8. The molecule has 0 saturated carbocycles. The van der Waals surface area contributed by atoms with Crippen LogP contribution in [0.5, 0.6) is 5.75 Å². The number of aromatic nitrogens is 2. The van der Waals surface area contributed by atoms with Gasteiger partial charge in [-0.15, -0.1) is 0 Å². The minimum Gasteiger partial charge on any atom is -0.495 e. The maximum atomic E-state index is 12.7. The van der Waals surface area contributed by atoms with Crippen molar-refractivity contribution in [2.45, 2.75) is 0 Å². The van der Waals surface area contributed by atoms with E-state index in [9.17, 15) is 4.57 Å². The van der Waals surface area contributed by atoms with Crippen molar-refractivity contribution in [3.05, 3.63) is 53.7 Å². The predicted molar refractivity (Wildman–Crippen MR) is 135 cm³/mol. The standard InChI is InChI=1S/C23H27ClN5O3P/c1-31-19-9-6-8-18(21(19)29-11-13-32-14-12-29)27-23-25-15-16(24)22(28-23)26-17-7-4-5-10-20(17)33(2,3)30/h4-10,15H,11-14H2,1-3H3,(H2,25,26,27,28). The molecule has 2 aromatic carbocycles. The highest BCUT2D eigenvalue weighted by Crippen LogP contribution is 2.40. The van der Waals surface area contributed by atoms with Gasteiger partial charge < -0.3 is 29.6 Å². The van der Waals surface area contributed by atoms with Crippen LogP contribution in [0.25, 0.3) is 0 Å². The summed E-state index contributed by atoms with van der Waals surface area (Å²) in [6.45, 7) is 6.29. The average molecular weight is 488 g/mol. The van der Waals surface area contributed by atoms with Crippen molar-refractivity contribution in [3.8, 4) is 5.75 Å². The average Bonchev–Trinajstić information content (AvgIpc) is 2.81. The van der Waals surface area contributed by atoms with E-state index in [0.717, 1.165) is 35.5 Å². The number of benzene rings is 2. The fourth-order valence-corrected chi connectivity index (χ4v) is 5.01. The highest BCUT2D eigenvalue weighted by Gasteiger charge is 2.21. The molecule has 2 heterocycles. The molecule has 0 atom stereocenters. The van der Waals surface area contributed by atoms with E-state index in [1.807, 2.05) is 42.5 Å². The molecule has 0 amide bonds. The number of para-hydroxylation sites is 2. The topological polar surface area (TPSA) is 88.6 Å². The molecule has 0 bridgehead atoms. The Morgan fingerprint density at radius 3 is 2.52 bits per heavy atom. The van der Waals surface area contributed by atoms with Crippen LogP contribution in [0, 0.1) is 0 Å². The molecule has 1 aromatic heterocycles. The summed E-state index contributed by atoms with van der Waals surface area (Å²) in [5.41, 5.74) is 2.45. The lowest BCUT2D eigenvalue weighted by Gasteiger charge is -2.31. The monoisotopic (exact) mass is 487 g/mol. The third-order valence-electron chi connectivity index (χ3n) is 5.27. The van der Waals surface area contributed by atoms with Gasteiger partial charge in [-0.2, -0.15) is 4.98 Å². The molecule has 10 heteroatoms. The normalized spacial score (nSPS) is 14.1. The summed E-state index contributed by atoms with van der Waals surface area (Å²) in [5, 5.41) is 7.62. The number of hydrogen-bond acceptors (Lipinski definition) is 8. The number of halogens is 1. The number of nitrogens with one attached hydrogen (secondary N) is 2. The summed E-state index contributed by atoms with van der Waals surface area (Å²) in [4.78, 5) is 11.2. The Kier molecular flexibility index (Phi) is 7.08. The van der Waals surface area contributed by atoms with Crippen molar-refractivity contribution in [2.75, 3.05) is 62.3 Å². The van der Waals surface area contributed by atoms with E-state index in [0.29, 0.717) is 35.7 Å². The molecule has 1 aliphatic rings. The smallest absolute Gasteiger partial charge is 0.229 e. The molecule has 3 aromatic rings. The Balaban J connectivity index is 1.66. The maximum absolute atomic E-state index is 12.7.